The highest BCUT2D eigenvalue weighted by molar-refractivity contribution is 4.87. The van der Waals surface area contributed by atoms with Gasteiger partial charge in [-0.3, -0.25) is 4.90 Å². The minimum atomic E-state index is 0.763. The van der Waals surface area contributed by atoms with Gasteiger partial charge in [-0.15, -0.1) is 0 Å². The SMILES string of the molecule is CCN(CC1CC(C)CCN1)C1CC1. The van der Waals surface area contributed by atoms with Gasteiger partial charge in [-0.2, -0.15) is 0 Å². The highest BCUT2D eigenvalue weighted by atomic mass is 15.2. The van der Waals surface area contributed by atoms with Crippen molar-refractivity contribution < 1.29 is 0 Å². The van der Waals surface area contributed by atoms with Crippen LogP contribution in [0.5, 0.6) is 0 Å². The van der Waals surface area contributed by atoms with Crippen molar-refractivity contribution in [1.82, 2.24) is 10.2 Å². The van der Waals surface area contributed by atoms with E-state index < -0.39 is 0 Å². The van der Waals surface area contributed by atoms with Crippen LogP contribution in [0, 0.1) is 5.92 Å². The van der Waals surface area contributed by atoms with Gasteiger partial charge in [0.15, 0.2) is 0 Å². The summed E-state index contributed by atoms with van der Waals surface area (Å²) in [7, 11) is 0. The van der Waals surface area contributed by atoms with Gasteiger partial charge in [-0.1, -0.05) is 13.8 Å². The molecular formula is C12H24N2. The summed E-state index contributed by atoms with van der Waals surface area (Å²) in [5.74, 6) is 0.930. The number of hydrogen-bond acceptors (Lipinski definition) is 2. The number of nitrogens with one attached hydrogen (secondary N) is 1. The lowest BCUT2D eigenvalue weighted by molar-refractivity contribution is 0.206. The molecular weight excluding hydrogens is 172 g/mol. The fourth-order valence-electron chi connectivity index (χ4n) is 2.62. The lowest BCUT2D eigenvalue weighted by Crippen LogP contribution is -2.46. The molecule has 0 aromatic heterocycles. The Morgan fingerprint density at radius 1 is 1.29 bits per heavy atom. The Labute approximate surface area is 88.1 Å². The molecule has 1 saturated heterocycles. The van der Waals surface area contributed by atoms with Gasteiger partial charge < -0.3 is 5.32 Å². The average Bonchev–Trinajstić information content (AvgIpc) is 2.97. The average molecular weight is 196 g/mol. The molecule has 14 heavy (non-hydrogen) atoms. The number of nitrogens with zero attached hydrogens (tertiary/aromatic N) is 1. The molecule has 1 N–H and O–H groups in total. The fraction of sp³-hybridized carbons (Fsp3) is 1.00. The number of piperidine rings is 1. The maximum atomic E-state index is 3.66. The van der Waals surface area contributed by atoms with Gasteiger partial charge in [0.25, 0.3) is 0 Å². The summed E-state index contributed by atoms with van der Waals surface area (Å²) in [6, 6.07) is 1.69. The molecule has 0 amide bonds. The van der Waals surface area contributed by atoms with Crippen LogP contribution in [0.4, 0.5) is 0 Å². The molecule has 1 saturated carbocycles. The van der Waals surface area contributed by atoms with E-state index in [9.17, 15) is 0 Å². The second-order valence-corrected chi connectivity index (χ2v) is 5.10. The molecule has 2 aliphatic rings. The van der Waals surface area contributed by atoms with Gasteiger partial charge in [-0.05, 0) is 44.7 Å². The highest BCUT2D eigenvalue weighted by Crippen LogP contribution is 2.27. The Morgan fingerprint density at radius 2 is 2.07 bits per heavy atom. The number of rotatable bonds is 4. The molecule has 0 spiro atoms. The smallest absolute Gasteiger partial charge is 0.0197 e. The second kappa shape index (κ2) is 4.63. The third kappa shape index (κ3) is 2.71. The van der Waals surface area contributed by atoms with E-state index in [1.165, 1.54) is 45.3 Å². The molecule has 1 aliphatic heterocycles. The number of likely N-dealkylation sites (N-methyl/N-ethyl adjacent to an activating group) is 1. The van der Waals surface area contributed by atoms with Crippen LogP contribution in [0.25, 0.3) is 0 Å². The predicted octanol–water partition coefficient (Wildman–Crippen LogP) is 1.86. The Hall–Kier alpha value is -0.0800. The highest BCUT2D eigenvalue weighted by Gasteiger charge is 2.30. The second-order valence-electron chi connectivity index (χ2n) is 5.10. The largest absolute Gasteiger partial charge is 0.313 e. The van der Waals surface area contributed by atoms with Crippen molar-refractivity contribution in [3.05, 3.63) is 0 Å². The minimum absolute atomic E-state index is 0.763. The van der Waals surface area contributed by atoms with E-state index in [0.29, 0.717) is 0 Å². The molecule has 0 radical (unpaired) electrons. The zero-order valence-corrected chi connectivity index (χ0v) is 9.63. The summed E-state index contributed by atoms with van der Waals surface area (Å²) < 4.78 is 0. The van der Waals surface area contributed by atoms with Crippen LogP contribution in [0.1, 0.15) is 39.5 Å². The van der Waals surface area contributed by atoms with E-state index in [0.717, 1.165) is 18.0 Å². The topological polar surface area (TPSA) is 15.3 Å². The first kappa shape index (κ1) is 10.4. The van der Waals surface area contributed by atoms with Gasteiger partial charge in [0.2, 0.25) is 0 Å². The normalized spacial score (nSPS) is 33.6. The molecule has 2 fully saturated rings. The molecule has 2 heteroatoms. The van der Waals surface area contributed by atoms with Crippen LogP contribution in [-0.4, -0.2) is 36.6 Å². The van der Waals surface area contributed by atoms with Gasteiger partial charge in [0.05, 0.1) is 0 Å². The van der Waals surface area contributed by atoms with Gasteiger partial charge >= 0.3 is 0 Å². The van der Waals surface area contributed by atoms with Crippen molar-refractivity contribution in [3.8, 4) is 0 Å². The molecule has 1 aliphatic carbocycles. The van der Waals surface area contributed by atoms with E-state index in [-0.39, 0.29) is 0 Å². The summed E-state index contributed by atoms with van der Waals surface area (Å²) in [5.41, 5.74) is 0. The molecule has 2 unspecified atom stereocenters. The molecule has 1 heterocycles. The summed E-state index contributed by atoms with van der Waals surface area (Å²) in [6.07, 6.45) is 5.63. The Bertz CT molecular complexity index is 177. The zero-order valence-electron chi connectivity index (χ0n) is 9.63. The van der Waals surface area contributed by atoms with Crippen LogP contribution in [0.15, 0.2) is 0 Å². The first-order chi connectivity index (χ1) is 6.79. The van der Waals surface area contributed by atoms with E-state index in [4.69, 9.17) is 0 Å². The molecule has 0 aromatic carbocycles. The van der Waals surface area contributed by atoms with E-state index in [1.807, 2.05) is 0 Å². The molecule has 2 atom stereocenters. The van der Waals surface area contributed by atoms with E-state index >= 15 is 0 Å². The van der Waals surface area contributed by atoms with E-state index in [1.54, 1.807) is 0 Å². The van der Waals surface area contributed by atoms with Crippen LogP contribution in [-0.2, 0) is 0 Å². The summed E-state index contributed by atoms with van der Waals surface area (Å²) >= 11 is 0. The Morgan fingerprint density at radius 3 is 2.64 bits per heavy atom. The Balaban J connectivity index is 1.76. The molecule has 2 nitrogen and oxygen atoms in total. The zero-order chi connectivity index (χ0) is 9.97. The predicted molar refractivity (Wildman–Crippen MR) is 60.5 cm³/mol. The van der Waals surface area contributed by atoms with Gasteiger partial charge in [0.1, 0.15) is 0 Å². The van der Waals surface area contributed by atoms with Gasteiger partial charge in [0, 0.05) is 18.6 Å². The van der Waals surface area contributed by atoms with Crippen LogP contribution >= 0.6 is 0 Å². The molecule has 0 aromatic rings. The van der Waals surface area contributed by atoms with Crippen molar-refractivity contribution in [1.29, 1.82) is 0 Å². The standard InChI is InChI=1S/C12H24N2/c1-3-14(12-4-5-12)9-11-8-10(2)6-7-13-11/h10-13H,3-9H2,1-2H3. The van der Waals surface area contributed by atoms with Crippen molar-refractivity contribution in [2.24, 2.45) is 5.92 Å². The van der Waals surface area contributed by atoms with Crippen LogP contribution in [0.3, 0.4) is 0 Å². The van der Waals surface area contributed by atoms with E-state index in [2.05, 4.69) is 24.1 Å². The third-order valence-corrected chi connectivity index (χ3v) is 3.68. The van der Waals surface area contributed by atoms with Crippen molar-refractivity contribution in [2.45, 2.75) is 51.6 Å². The monoisotopic (exact) mass is 196 g/mol. The first-order valence-corrected chi connectivity index (χ1v) is 6.27. The molecule has 82 valence electrons. The Kier molecular flexibility index (Phi) is 3.45. The van der Waals surface area contributed by atoms with Gasteiger partial charge in [-0.25, -0.2) is 0 Å². The van der Waals surface area contributed by atoms with Crippen molar-refractivity contribution in [2.75, 3.05) is 19.6 Å². The first-order valence-electron chi connectivity index (χ1n) is 6.27. The summed E-state index contributed by atoms with van der Waals surface area (Å²) in [6.45, 7) is 8.43. The van der Waals surface area contributed by atoms with Crippen LogP contribution in [0.2, 0.25) is 0 Å². The third-order valence-electron chi connectivity index (χ3n) is 3.68. The minimum Gasteiger partial charge on any atom is -0.313 e. The van der Waals surface area contributed by atoms with Crippen LogP contribution < -0.4 is 5.32 Å². The van der Waals surface area contributed by atoms with Crippen molar-refractivity contribution in [3.63, 3.8) is 0 Å². The number of hydrogen-bond donors (Lipinski definition) is 1. The molecule has 2 rings (SSSR count). The lowest BCUT2D eigenvalue weighted by atomic mass is 9.94. The summed E-state index contributed by atoms with van der Waals surface area (Å²) in [4.78, 5) is 2.66. The maximum Gasteiger partial charge on any atom is 0.0197 e. The maximum absolute atomic E-state index is 3.66. The summed E-state index contributed by atoms with van der Waals surface area (Å²) in [5, 5.41) is 3.66. The quantitative estimate of drug-likeness (QED) is 0.738. The van der Waals surface area contributed by atoms with Crippen molar-refractivity contribution >= 4 is 0 Å². The lowest BCUT2D eigenvalue weighted by Gasteiger charge is -2.32. The molecule has 0 bridgehead atoms. The fourth-order valence-corrected chi connectivity index (χ4v) is 2.62.